The number of hydrogen-bond donors (Lipinski definition) is 2. The van der Waals surface area contributed by atoms with Crippen LogP contribution in [0.1, 0.15) is 25.3 Å². The lowest BCUT2D eigenvalue weighted by Crippen LogP contribution is -2.32. The van der Waals surface area contributed by atoms with E-state index in [2.05, 4.69) is 39.6 Å². The number of carbonyl (C=O) groups excluding carboxylic acids is 1. The molecule has 24 heavy (non-hydrogen) atoms. The molecule has 2 aromatic rings. The van der Waals surface area contributed by atoms with Crippen LogP contribution in [0.3, 0.4) is 0 Å². The number of carbonyl (C=O) groups is 1. The van der Waals surface area contributed by atoms with Crippen LogP contribution in [0.4, 0.5) is 0 Å². The number of aromatic amines is 1. The second-order valence-electron chi connectivity index (χ2n) is 5.74. The summed E-state index contributed by atoms with van der Waals surface area (Å²) in [6, 6.07) is 8.23. The van der Waals surface area contributed by atoms with Crippen LogP contribution in [0.25, 0.3) is 11.4 Å². The molecule has 0 radical (unpaired) electrons. The minimum absolute atomic E-state index is 0.0193. The summed E-state index contributed by atoms with van der Waals surface area (Å²) in [6.45, 7) is 3.51. The number of aromatic nitrogens is 3. The number of rotatable bonds is 7. The summed E-state index contributed by atoms with van der Waals surface area (Å²) in [5.41, 5.74) is 2.28. The van der Waals surface area contributed by atoms with Crippen LogP contribution in [0.2, 0.25) is 0 Å². The van der Waals surface area contributed by atoms with E-state index < -0.39 is 0 Å². The first-order chi connectivity index (χ1) is 11.7. The molecule has 0 aliphatic carbocycles. The highest BCUT2D eigenvalue weighted by molar-refractivity contribution is 7.99. The van der Waals surface area contributed by atoms with E-state index in [1.807, 2.05) is 12.1 Å². The zero-order chi connectivity index (χ0) is 16.8. The number of H-pyrrole nitrogens is 1. The third-order valence-corrected chi connectivity index (χ3v) is 4.83. The van der Waals surface area contributed by atoms with Gasteiger partial charge in [0.25, 0.3) is 0 Å². The molecule has 2 heterocycles. The zero-order valence-corrected chi connectivity index (χ0v) is 14.6. The van der Waals surface area contributed by atoms with Gasteiger partial charge in [-0.05, 0) is 24.8 Å². The maximum Gasteiger partial charge on any atom is 0.230 e. The number of thioether (sulfide) groups is 1. The smallest absolute Gasteiger partial charge is 0.230 e. The monoisotopic (exact) mass is 346 g/mol. The van der Waals surface area contributed by atoms with Crippen LogP contribution in [-0.4, -0.2) is 46.1 Å². The molecule has 1 aliphatic rings. The van der Waals surface area contributed by atoms with Gasteiger partial charge in [-0.15, -0.1) is 5.10 Å². The minimum atomic E-state index is -0.0193. The number of nitrogens with one attached hydrogen (secondary N) is 2. The van der Waals surface area contributed by atoms with Crippen molar-refractivity contribution in [3.63, 3.8) is 0 Å². The van der Waals surface area contributed by atoms with Crippen LogP contribution >= 0.6 is 11.8 Å². The molecule has 2 N–H and O–H groups in total. The largest absolute Gasteiger partial charge is 0.376 e. The Morgan fingerprint density at radius 1 is 1.42 bits per heavy atom. The van der Waals surface area contributed by atoms with Gasteiger partial charge in [-0.1, -0.05) is 43.0 Å². The van der Waals surface area contributed by atoms with Crippen molar-refractivity contribution in [1.29, 1.82) is 0 Å². The van der Waals surface area contributed by atoms with Gasteiger partial charge in [0, 0.05) is 18.7 Å². The van der Waals surface area contributed by atoms with Crippen molar-refractivity contribution in [2.75, 3.05) is 18.9 Å². The Hall–Kier alpha value is -1.86. The van der Waals surface area contributed by atoms with E-state index in [1.165, 1.54) is 17.3 Å². The van der Waals surface area contributed by atoms with Crippen LogP contribution in [0.5, 0.6) is 0 Å². The first kappa shape index (κ1) is 17.0. The highest BCUT2D eigenvalue weighted by Crippen LogP contribution is 2.19. The van der Waals surface area contributed by atoms with Crippen LogP contribution in [0, 0.1) is 0 Å². The molecule has 1 fully saturated rings. The summed E-state index contributed by atoms with van der Waals surface area (Å²) in [5, 5.41) is 10.6. The van der Waals surface area contributed by atoms with E-state index in [9.17, 15) is 4.79 Å². The number of nitrogens with zero attached hydrogens (tertiary/aromatic N) is 2. The predicted molar refractivity (Wildman–Crippen MR) is 93.9 cm³/mol. The summed E-state index contributed by atoms with van der Waals surface area (Å²) < 4.78 is 5.48. The van der Waals surface area contributed by atoms with Crippen molar-refractivity contribution < 1.29 is 9.53 Å². The molecule has 1 saturated heterocycles. The molecule has 7 heteroatoms. The lowest BCUT2D eigenvalue weighted by atomic mass is 10.1. The Bertz CT molecular complexity index is 665. The highest BCUT2D eigenvalue weighted by atomic mass is 32.2. The van der Waals surface area contributed by atoms with Gasteiger partial charge in [0.1, 0.15) is 0 Å². The number of benzene rings is 1. The summed E-state index contributed by atoms with van der Waals surface area (Å²) in [5.74, 6) is 1.01. The summed E-state index contributed by atoms with van der Waals surface area (Å²) in [7, 11) is 0. The normalized spacial score (nSPS) is 17.1. The van der Waals surface area contributed by atoms with Gasteiger partial charge in [0.15, 0.2) is 5.82 Å². The van der Waals surface area contributed by atoms with Gasteiger partial charge >= 0.3 is 0 Å². The molecule has 1 amide bonds. The molecule has 6 nitrogen and oxygen atoms in total. The summed E-state index contributed by atoms with van der Waals surface area (Å²) in [6.07, 6.45) is 3.28. The lowest BCUT2D eigenvalue weighted by molar-refractivity contribution is -0.119. The fourth-order valence-corrected chi connectivity index (χ4v) is 3.18. The number of hydrogen-bond acceptors (Lipinski definition) is 5. The molecular weight excluding hydrogens is 324 g/mol. The third kappa shape index (κ3) is 4.58. The number of amides is 1. The topological polar surface area (TPSA) is 79.9 Å². The van der Waals surface area contributed by atoms with E-state index in [4.69, 9.17) is 4.74 Å². The Balaban J connectivity index is 1.47. The highest BCUT2D eigenvalue weighted by Gasteiger charge is 2.16. The van der Waals surface area contributed by atoms with Crippen LogP contribution in [0.15, 0.2) is 29.4 Å². The average molecular weight is 346 g/mol. The lowest BCUT2D eigenvalue weighted by Gasteiger charge is -2.09. The Labute approximate surface area is 145 Å². The number of ether oxygens (including phenoxy) is 1. The second kappa shape index (κ2) is 8.30. The fraction of sp³-hybridized carbons (Fsp3) is 0.471. The maximum absolute atomic E-state index is 11.9. The van der Waals surface area contributed by atoms with Gasteiger partial charge in [-0.25, -0.2) is 4.98 Å². The summed E-state index contributed by atoms with van der Waals surface area (Å²) in [4.78, 5) is 16.3. The van der Waals surface area contributed by atoms with Crippen molar-refractivity contribution in [3.05, 3.63) is 29.8 Å². The Morgan fingerprint density at radius 3 is 2.96 bits per heavy atom. The molecule has 1 aromatic heterocycles. The van der Waals surface area contributed by atoms with Gasteiger partial charge in [0.05, 0.1) is 11.9 Å². The molecule has 3 rings (SSSR count). The van der Waals surface area contributed by atoms with E-state index in [0.29, 0.717) is 17.5 Å². The second-order valence-corrected chi connectivity index (χ2v) is 6.69. The average Bonchev–Trinajstić information content (AvgIpc) is 3.30. The molecule has 0 spiro atoms. The van der Waals surface area contributed by atoms with E-state index in [1.54, 1.807) is 0 Å². The SMILES string of the molecule is CCc1ccc(-c2nc(SCC(=O)NC[C@H]3CCCO3)n[nH]2)cc1. The molecule has 1 aromatic carbocycles. The Morgan fingerprint density at radius 2 is 2.25 bits per heavy atom. The van der Waals surface area contributed by atoms with E-state index in [0.717, 1.165) is 37.3 Å². The third-order valence-electron chi connectivity index (χ3n) is 3.98. The van der Waals surface area contributed by atoms with Crippen molar-refractivity contribution in [1.82, 2.24) is 20.5 Å². The van der Waals surface area contributed by atoms with Crippen molar-refractivity contribution in [3.8, 4) is 11.4 Å². The molecule has 0 unspecified atom stereocenters. The van der Waals surface area contributed by atoms with Crippen LogP contribution < -0.4 is 5.32 Å². The predicted octanol–water partition coefficient (Wildman–Crippen LogP) is 2.42. The molecule has 128 valence electrons. The quantitative estimate of drug-likeness (QED) is 0.753. The standard InChI is InChI=1S/C17H22N4O2S/c1-2-12-5-7-13(8-6-12)16-19-17(21-20-16)24-11-15(22)18-10-14-4-3-9-23-14/h5-8,14H,2-4,9-11H2,1H3,(H,18,22)(H,19,20,21)/t14-/m1/s1. The molecule has 1 atom stereocenters. The van der Waals surface area contributed by atoms with Gasteiger partial charge in [-0.3, -0.25) is 9.89 Å². The van der Waals surface area contributed by atoms with Crippen molar-refractivity contribution in [2.45, 2.75) is 37.4 Å². The van der Waals surface area contributed by atoms with Crippen molar-refractivity contribution >= 4 is 17.7 Å². The minimum Gasteiger partial charge on any atom is -0.376 e. The first-order valence-corrected chi connectivity index (χ1v) is 9.26. The first-order valence-electron chi connectivity index (χ1n) is 8.27. The van der Waals surface area contributed by atoms with Gasteiger partial charge < -0.3 is 10.1 Å². The maximum atomic E-state index is 11.9. The van der Waals surface area contributed by atoms with Gasteiger partial charge in [0.2, 0.25) is 11.1 Å². The Kier molecular flexibility index (Phi) is 5.87. The van der Waals surface area contributed by atoms with Crippen molar-refractivity contribution in [2.24, 2.45) is 0 Å². The molecule has 0 bridgehead atoms. The zero-order valence-electron chi connectivity index (χ0n) is 13.7. The molecule has 0 saturated carbocycles. The van der Waals surface area contributed by atoms with E-state index in [-0.39, 0.29) is 12.0 Å². The molecular formula is C17H22N4O2S. The van der Waals surface area contributed by atoms with Gasteiger partial charge in [-0.2, -0.15) is 0 Å². The van der Waals surface area contributed by atoms with Crippen LogP contribution in [-0.2, 0) is 16.0 Å². The van der Waals surface area contributed by atoms with E-state index >= 15 is 0 Å². The number of aryl methyl sites for hydroxylation is 1. The fourth-order valence-electron chi connectivity index (χ4n) is 2.55. The molecule has 1 aliphatic heterocycles. The summed E-state index contributed by atoms with van der Waals surface area (Å²) >= 11 is 1.33.